The molecule has 0 aliphatic rings. The summed E-state index contributed by atoms with van der Waals surface area (Å²) in [4.78, 5) is 27.6. The van der Waals surface area contributed by atoms with Gasteiger partial charge in [-0.05, 0) is 24.6 Å². The number of benzene rings is 1. The molecule has 0 atom stereocenters. The number of carbonyl (C=O) groups is 2. The van der Waals surface area contributed by atoms with Crippen molar-refractivity contribution < 1.29 is 32.2 Å². The van der Waals surface area contributed by atoms with E-state index in [0.717, 1.165) is 5.56 Å². The molecular formula is C19H26N4O7S. The van der Waals surface area contributed by atoms with Crippen LogP contribution in [0.15, 0.2) is 29.4 Å². The highest BCUT2D eigenvalue weighted by Crippen LogP contribution is 2.27. The van der Waals surface area contributed by atoms with Gasteiger partial charge in [0.1, 0.15) is 5.82 Å². The van der Waals surface area contributed by atoms with Gasteiger partial charge in [-0.25, -0.2) is 18.1 Å². The van der Waals surface area contributed by atoms with Crippen molar-refractivity contribution in [3.8, 4) is 11.5 Å². The Balaban J connectivity index is 1.71. The van der Waals surface area contributed by atoms with Gasteiger partial charge in [-0.15, -0.1) is 0 Å². The van der Waals surface area contributed by atoms with Crippen LogP contribution in [0.2, 0.25) is 0 Å². The number of rotatable bonds is 11. The Morgan fingerprint density at radius 1 is 1.16 bits per heavy atom. The van der Waals surface area contributed by atoms with Crippen molar-refractivity contribution >= 4 is 21.9 Å². The molecule has 0 radical (unpaired) electrons. The maximum atomic E-state index is 12.1. The largest absolute Gasteiger partial charge is 0.493 e. The quantitative estimate of drug-likeness (QED) is 0.462. The molecular weight excluding hydrogens is 428 g/mol. The Labute approximate surface area is 180 Å². The number of esters is 1. The fourth-order valence-corrected chi connectivity index (χ4v) is 3.55. The lowest BCUT2D eigenvalue weighted by Crippen LogP contribution is -2.30. The summed E-state index contributed by atoms with van der Waals surface area (Å²) in [7, 11) is 0.885. The molecule has 1 amide bonds. The number of nitrogens with one attached hydrogen (secondary N) is 2. The molecule has 0 unspecified atom stereocenters. The lowest BCUT2D eigenvalue weighted by atomic mass is 10.2. The molecule has 0 saturated carbocycles. The fourth-order valence-electron chi connectivity index (χ4n) is 2.48. The van der Waals surface area contributed by atoms with Gasteiger partial charge in [-0.2, -0.15) is 0 Å². The van der Waals surface area contributed by atoms with E-state index in [1.807, 2.05) is 0 Å². The Kier molecular flexibility index (Phi) is 8.39. The van der Waals surface area contributed by atoms with Crippen molar-refractivity contribution in [1.29, 1.82) is 0 Å². The molecule has 31 heavy (non-hydrogen) atoms. The number of carbonyl (C=O) groups excluding carboxylic acids is 2. The first-order chi connectivity index (χ1) is 14.7. The molecule has 0 aliphatic carbocycles. The van der Waals surface area contributed by atoms with E-state index >= 15 is 0 Å². The molecule has 0 bridgehead atoms. The summed E-state index contributed by atoms with van der Waals surface area (Å²) < 4.78 is 43.3. The zero-order valence-electron chi connectivity index (χ0n) is 17.8. The van der Waals surface area contributed by atoms with Gasteiger partial charge in [0.15, 0.2) is 23.1 Å². The summed E-state index contributed by atoms with van der Waals surface area (Å²) in [5.74, 6) is 0.442. The van der Waals surface area contributed by atoms with Crippen LogP contribution < -0.4 is 19.5 Å². The van der Waals surface area contributed by atoms with Gasteiger partial charge in [0.25, 0.3) is 15.9 Å². The third-order valence-corrected chi connectivity index (χ3v) is 5.62. The van der Waals surface area contributed by atoms with Crippen LogP contribution in [0.25, 0.3) is 0 Å². The van der Waals surface area contributed by atoms with Crippen molar-refractivity contribution in [3.05, 3.63) is 35.8 Å². The average molecular weight is 455 g/mol. The molecule has 1 aromatic carbocycles. The number of ether oxygens (including phenoxy) is 3. The molecule has 0 saturated heterocycles. The van der Waals surface area contributed by atoms with Crippen LogP contribution in [0.1, 0.15) is 17.8 Å². The van der Waals surface area contributed by atoms with Gasteiger partial charge in [-0.1, -0.05) is 6.07 Å². The molecule has 2 rings (SSSR count). The number of amides is 1. The third-order valence-electron chi connectivity index (χ3n) is 4.28. The SMILES string of the molecule is COc1ccc(CNC(=O)COC(=O)CCNS(=O)(=O)c2cn(C)c(C)n2)cc1OC. The molecule has 1 heterocycles. The summed E-state index contributed by atoms with van der Waals surface area (Å²) in [5.41, 5.74) is 0.775. The van der Waals surface area contributed by atoms with E-state index in [9.17, 15) is 18.0 Å². The predicted octanol–water partition coefficient (Wildman–Crippen LogP) is 0.274. The molecule has 2 N–H and O–H groups in total. The predicted molar refractivity (Wildman–Crippen MR) is 110 cm³/mol. The highest BCUT2D eigenvalue weighted by atomic mass is 32.2. The smallest absolute Gasteiger partial charge is 0.307 e. The third kappa shape index (κ3) is 6.96. The standard InChI is InChI=1S/C19H26N4O7S/c1-13-22-18(11-23(13)2)31(26,27)21-8-7-19(25)30-12-17(24)20-10-14-5-6-15(28-3)16(9-14)29-4/h5-6,9,11,21H,7-8,10,12H2,1-4H3,(H,20,24). The lowest BCUT2D eigenvalue weighted by Gasteiger charge is -2.10. The minimum absolute atomic E-state index is 0.129. The second-order valence-electron chi connectivity index (χ2n) is 6.51. The maximum Gasteiger partial charge on any atom is 0.307 e. The first kappa shape index (κ1) is 24.2. The van der Waals surface area contributed by atoms with E-state index in [-0.39, 0.29) is 24.5 Å². The summed E-state index contributed by atoms with van der Waals surface area (Å²) in [6, 6.07) is 5.21. The Bertz CT molecular complexity index is 1010. The zero-order chi connectivity index (χ0) is 23.0. The second kappa shape index (κ2) is 10.8. The minimum Gasteiger partial charge on any atom is -0.493 e. The van der Waals surface area contributed by atoms with Gasteiger partial charge in [0, 0.05) is 26.3 Å². The maximum absolute atomic E-state index is 12.1. The van der Waals surface area contributed by atoms with Crippen LogP contribution in [0.4, 0.5) is 0 Å². The molecule has 0 spiro atoms. The average Bonchev–Trinajstić information content (AvgIpc) is 3.09. The summed E-state index contributed by atoms with van der Waals surface area (Å²) >= 11 is 0. The van der Waals surface area contributed by atoms with Gasteiger partial charge in [0.2, 0.25) is 0 Å². The van der Waals surface area contributed by atoms with Crippen molar-refractivity contribution in [2.75, 3.05) is 27.4 Å². The number of sulfonamides is 1. The van der Waals surface area contributed by atoms with E-state index in [1.165, 1.54) is 20.4 Å². The van der Waals surface area contributed by atoms with E-state index in [4.69, 9.17) is 14.2 Å². The lowest BCUT2D eigenvalue weighted by molar-refractivity contribution is -0.148. The highest BCUT2D eigenvalue weighted by molar-refractivity contribution is 7.89. The summed E-state index contributed by atoms with van der Waals surface area (Å²) in [5, 5.41) is 2.49. The topological polar surface area (TPSA) is 138 Å². The van der Waals surface area contributed by atoms with E-state index in [0.29, 0.717) is 17.3 Å². The summed E-state index contributed by atoms with van der Waals surface area (Å²) in [6.45, 7) is 1.23. The van der Waals surface area contributed by atoms with Crippen LogP contribution in [-0.2, 0) is 37.9 Å². The van der Waals surface area contributed by atoms with Crippen LogP contribution in [0.5, 0.6) is 11.5 Å². The monoisotopic (exact) mass is 454 g/mol. The number of nitrogens with zero attached hydrogens (tertiary/aromatic N) is 2. The highest BCUT2D eigenvalue weighted by Gasteiger charge is 2.18. The Morgan fingerprint density at radius 2 is 1.87 bits per heavy atom. The van der Waals surface area contributed by atoms with Gasteiger partial charge in [0.05, 0.1) is 20.6 Å². The van der Waals surface area contributed by atoms with Crippen molar-refractivity contribution in [3.63, 3.8) is 0 Å². The van der Waals surface area contributed by atoms with Crippen LogP contribution in [0, 0.1) is 6.92 Å². The number of hydrogen-bond donors (Lipinski definition) is 2. The second-order valence-corrected chi connectivity index (χ2v) is 8.23. The fraction of sp³-hybridized carbons (Fsp3) is 0.421. The molecule has 12 heteroatoms. The van der Waals surface area contributed by atoms with Crippen molar-refractivity contribution in [2.45, 2.75) is 24.9 Å². The Morgan fingerprint density at radius 3 is 2.48 bits per heavy atom. The molecule has 1 aromatic heterocycles. The van der Waals surface area contributed by atoms with Crippen LogP contribution in [0.3, 0.4) is 0 Å². The van der Waals surface area contributed by atoms with Gasteiger partial charge < -0.3 is 24.1 Å². The number of aryl methyl sites for hydroxylation is 2. The van der Waals surface area contributed by atoms with Crippen molar-refractivity contribution in [2.24, 2.45) is 7.05 Å². The first-order valence-electron chi connectivity index (χ1n) is 9.29. The molecule has 0 aliphatic heterocycles. The van der Waals surface area contributed by atoms with Gasteiger partial charge >= 0.3 is 5.97 Å². The molecule has 170 valence electrons. The van der Waals surface area contributed by atoms with E-state index < -0.39 is 28.5 Å². The molecule has 11 nitrogen and oxygen atoms in total. The number of imidazole rings is 1. The molecule has 2 aromatic rings. The normalized spacial score (nSPS) is 11.1. The summed E-state index contributed by atoms with van der Waals surface area (Å²) in [6.07, 6.45) is 1.15. The van der Waals surface area contributed by atoms with Crippen LogP contribution in [-0.4, -0.2) is 57.2 Å². The van der Waals surface area contributed by atoms with Gasteiger partial charge in [-0.3, -0.25) is 9.59 Å². The number of aromatic nitrogens is 2. The zero-order valence-corrected chi connectivity index (χ0v) is 18.6. The number of hydrogen-bond acceptors (Lipinski definition) is 8. The van der Waals surface area contributed by atoms with E-state index in [1.54, 1.807) is 36.7 Å². The Hall–Kier alpha value is -3.12. The van der Waals surface area contributed by atoms with Crippen molar-refractivity contribution in [1.82, 2.24) is 19.6 Å². The molecule has 0 fully saturated rings. The van der Waals surface area contributed by atoms with E-state index in [2.05, 4.69) is 15.0 Å². The number of methoxy groups -OCH3 is 2. The minimum atomic E-state index is -3.83. The van der Waals surface area contributed by atoms with Crippen LogP contribution >= 0.6 is 0 Å². The first-order valence-corrected chi connectivity index (χ1v) is 10.8.